The van der Waals surface area contributed by atoms with Gasteiger partial charge in [-0.3, -0.25) is 0 Å². The van der Waals surface area contributed by atoms with Gasteiger partial charge in [-0.05, 0) is 25.3 Å². The van der Waals surface area contributed by atoms with Gasteiger partial charge in [-0.25, -0.2) is 9.59 Å². The van der Waals surface area contributed by atoms with Gasteiger partial charge in [-0.1, -0.05) is 73.3 Å². The molecule has 1 aliphatic rings. The zero-order valence-corrected chi connectivity index (χ0v) is 19.8. The number of nitrogens with one attached hydrogen (secondary N) is 1. The Balaban J connectivity index is 1.53. The van der Waals surface area contributed by atoms with Crippen molar-refractivity contribution in [3.63, 3.8) is 0 Å². The number of hydrogen-bond acceptors (Lipinski definition) is 5. The molecule has 6 nitrogen and oxygen atoms in total. The van der Waals surface area contributed by atoms with Crippen molar-refractivity contribution in [2.24, 2.45) is 0 Å². The maximum absolute atomic E-state index is 12.6. The Morgan fingerprint density at radius 2 is 1.51 bits per heavy atom. The standard InChI is InChI=1S/C29H29NO5/c1-20(2)28(31)34-19-17-30-29(32)35-27-24-14-8-6-12-22(24)26(23-13-7-9-15-25(23)27)33-18-16-21-10-4-3-5-11-21/h3-12,14H,1,13,15-19H2,2H3,(H,30,32). The van der Waals surface area contributed by atoms with Crippen LogP contribution in [0.3, 0.4) is 0 Å². The molecule has 35 heavy (non-hydrogen) atoms. The first kappa shape index (κ1) is 24.1. The van der Waals surface area contributed by atoms with E-state index in [1.165, 1.54) is 5.56 Å². The summed E-state index contributed by atoms with van der Waals surface area (Å²) >= 11 is 0. The molecule has 0 heterocycles. The lowest BCUT2D eigenvalue weighted by Crippen LogP contribution is -2.31. The quantitative estimate of drug-likeness (QED) is 0.198. The predicted molar refractivity (Wildman–Crippen MR) is 136 cm³/mol. The zero-order chi connectivity index (χ0) is 24.6. The van der Waals surface area contributed by atoms with E-state index in [4.69, 9.17) is 14.2 Å². The molecule has 0 aromatic heterocycles. The van der Waals surface area contributed by atoms with Gasteiger partial charge in [0.2, 0.25) is 0 Å². The number of rotatable bonds is 9. The largest absolute Gasteiger partial charge is 0.492 e. The predicted octanol–water partition coefficient (Wildman–Crippen LogP) is 5.32. The van der Waals surface area contributed by atoms with Gasteiger partial charge in [0.05, 0.1) is 13.2 Å². The Labute approximate surface area is 205 Å². The van der Waals surface area contributed by atoms with Crippen LogP contribution >= 0.6 is 0 Å². The molecule has 0 atom stereocenters. The Hall–Kier alpha value is -4.06. The summed E-state index contributed by atoms with van der Waals surface area (Å²) in [6.07, 6.45) is 5.74. The van der Waals surface area contributed by atoms with E-state index in [-0.39, 0.29) is 13.2 Å². The SMILES string of the molecule is C=C(C)C(=O)OCCNC(=O)Oc1c2c(c(OCCc3ccccc3)c3ccccc13)CC=CC2. The lowest BCUT2D eigenvalue weighted by molar-refractivity contribution is -0.138. The summed E-state index contributed by atoms with van der Waals surface area (Å²) in [7, 11) is 0. The molecular formula is C29H29NO5. The molecular weight excluding hydrogens is 442 g/mol. The third-order valence-electron chi connectivity index (χ3n) is 5.77. The average Bonchev–Trinajstić information content (AvgIpc) is 2.88. The third kappa shape index (κ3) is 5.90. The number of hydrogen-bond donors (Lipinski definition) is 1. The van der Waals surface area contributed by atoms with Crippen molar-refractivity contribution < 1.29 is 23.8 Å². The normalized spacial score (nSPS) is 12.0. The van der Waals surface area contributed by atoms with Crippen LogP contribution in [0.25, 0.3) is 10.8 Å². The maximum atomic E-state index is 12.6. The molecule has 180 valence electrons. The molecule has 0 saturated heterocycles. The highest BCUT2D eigenvalue weighted by atomic mass is 16.6. The summed E-state index contributed by atoms with van der Waals surface area (Å²) in [4.78, 5) is 24.1. The minimum atomic E-state index is -0.601. The van der Waals surface area contributed by atoms with Crippen LogP contribution in [0.1, 0.15) is 23.6 Å². The summed E-state index contributed by atoms with van der Waals surface area (Å²) < 4.78 is 17.2. The highest BCUT2D eigenvalue weighted by molar-refractivity contribution is 5.97. The van der Waals surface area contributed by atoms with Crippen LogP contribution in [0.2, 0.25) is 0 Å². The Morgan fingerprint density at radius 3 is 2.20 bits per heavy atom. The molecule has 1 amide bonds. The fourth-order valence-electron chi connectivity index (χ4n) is 4.06. The Bertz CT molecular complexity index is 1260. The number of fused-ring (bicyclic) bond motifs is 2. The van der Waals surface area contributed by atoms with Crippen molar-refractivity contribution >= 4 is 22.8 Å². The van der Waals surface area contributed by atoms with Gasteiger partial charge < -0.3 is 19.5 Å². The van der Waals surface area contributed by atoms with Crippen molar-refractivity contribution in [3.8, 4) is 11.5 Å². The fraction of sp³-hybridized carbons (Fsp3) is 0.241. The number of allylic oxidation sites excluding steroid dienone is 2. The molecule has 0 aliphatic heterocycles. The molecule has 0 spiro atoms. The number of carbonyl (C=O) groups is 2. The molecule has 3 aromatic rings. The first-order chi connectivity index (χ1) is 17.0. The molecule has 0 bridgehead atoms. The van der Waals surface area contributed by atoms with Crippen molar-refractivity contribution in [2.45, 2.75) is 26.2 Å². The third-order valence-corrected chi connectivity index (χ3v) is 5.77. The summed E-state index contributed by atoms with van der Waals surface area (Å²) in [6, 6.07) is 18.1. The van der Waals surface area contributed by atoms with Crippen molar-refractivity contribution in [3.05, 3.63) is 95.6 Å². The number of amides is 1. The molecule has 0 saturated carbocycles. The number of benzene rings is 3. The molecule has 1 N–H and O–H groups in total. The Kier molecular flexibility index (Phi) is 7.83. The summed E-state index contributed by atoms with van der Waals surface area (Å²) in [5.41, 5.74) is 3.52. The van der Waals surface area contributed by atoms with Crippen molar-refractivity contribution in [1.82, 2.24) is 5.32 Å². The molecule has 0 unspecified atom stereocenters. The second kappa shape index (κ2) is 11.4. The summed E-state index contributed by atoms with van der Waals surface area (Å²) in [5, 5.41) is 4.38. The number of esters is 1. The van der Waals surface area contributed by atoms with Crippen molar-refractivity contribution in [1.29, 1.82) is 0 Å². The van der Waals surface area contributed by atoms with E-state index in [1.807, 2.05) is 42.5 Å². The molecule has 0 radical (unpaired) electrons. The molecule has 1 aliphatic carbocycles. The first-order valence-corrected chi connectivity index (χ1v) is 11.7. The second-order valence-electron chi connectivity index (χ2n) is 8.36. The average molecular weight is 472 g/mol. The Morgan fingerprint density at radius 1 is 0.886 bits per heavy atom. The highest BCUT2D eigenvalue weighted by Gasteiger charge is 2.23. The summed E-state index contributed by atoms with van der Waals surface area (Å²) in [6.45, 7) is 5.83. The monoisotopic (exact) mass is 471 g/mol. The van der Waals surface area contributed by atoms with E-state index in [0.29, 0.717) is 30.8 Å². The van der Waals surface area contributed by atoms with Gasteiger partial charge in [0.1, 0.15) is 18.1 Å². The number of ether oxygens (including phenoxy) is 3. The second-order valence-corrected chi connectivity index (χ2v) is 8.36. The minimum Gasteiger partial charge on any atom is -0.492 e. The van der Waals surface area contributed by atoms with Crippen LogP contribution in [-0.2, 0) is 28.8 Å². The van der Waals surface area contributed by atoms with E-state index < -0.39 is 12.1 Å². The molecule has 6 heteroatoms. The van der Waals surface area contributed by atoms with E-state index >= 15 is 0 Å². The fourth-order valence-corrected chi connectivity index (χ4v) is 4.06. The van der Waals surface area contributed by atoms with E-state index in [9.17, 15) is 9.59 Å². The lowest BCUT2D eigenvalue weighted by atomic mass is 9.90. The van der Waals surface area contributed by atoms with Crippen molar-refractivity contribution in [2.75, 3.05) is 19.8 Å². The zero-order valence-electron chi connectivity index (χ0n) is 19.8. The van der Waals surface area contributed by atoms with Gasteiger partial charge in [-0.15, -0.1) is 0 Å². The maximum Gasteiger partial charge on any atom is 0.412 e. The molecule has 4 rings (SSSR count). The van der Waals surface area contributed by atoms with Crippen LogP contribution in [0.4, 0.5) is 4.79 Å². The highest BCUT2D eigenvalue weighted by Crippen LogP contribution is 2.43. The van der Waals surface area contributed by atoms with Gasteiger partial charge in [0.25, 0.3) is 0 Å². The topological polar surface area (TPSA) is 73.9 Å². The van der Waals surface area contributed by atoms with Crippen LogP contribution < -0.4 is 14.8 Å². The van der Waals surface area contributed by atoms with E-state index in [0.717, 1.165) is 34.1 Å². The van der Waals surface area contributed by atoms with Gasteiger partial charge in [-0.2, -0.15) is 0 Å². The van der Waals surface area contributed by atoms with Gasteiger partial charge >= 0.3 is 12.1 Å². The van der Waals surface area contributed by atoms with Crippen LogP contribution in [-0.4, -0.2) is 31.8 Å². The van der Waals surface area contributed by atoms with E-state index in [2.05, 4.69) is 36.2 Å². The molecule has 3 aromatic carbocycles. The smallest absolute Gasteiger partial charge is 0.412 e. The lowest BCUT2D eigenvalue weighted by Gasteiger charge is -2.23. The van der Waals surface area contributed by atoms with E-state index in [1.54, 1.807) is 6.92 Å². The molecule has 0 fully saturated rings. The number of carbonyl (C=O) groups excluding carboxylic acids is 2. The van der Waals surface area contributed by atoms with Crippen LogP contribution in [0.5, 0.6) is 11.5 Å². The van der Waals surface area contributed by atoms with Gasteiger partial charge in [0, 0.05) is 33.9 Å². The van der Waals surface area contributed by atoms with Gasteiger partial charge in [0.15, 0.2) is 0 Å². The van der Waals surface area contributed by atoms with Crippen LogP contribution in [0, 0.1) is 0 Å². The van der Waals surface area contributed by atoms with Crippen LogP contribution in [0.15, 0.2) is 78.9 Å². The summed E-state index contributed by atoms with van der Waals surface area (Å²) in [5.74, 6) is 0.886. The first-order valence-electron chi connectivity index (χ1n) is 11.7. The minimum absolute atomic E-state index is 0.0383.